The van der Waals surface area contributed by atoms with Crippen molar-refractivity contribution in [1.29, 1.82) is 0 Å². The first-order valence-electron chi connectivity index (χ1n) is 7.13. The van der Waals surface area contributed by atoms with Gasteiger partial charge in [0.2, 0.25) is 5.91 Å². The topological polar surface area (TPSA) is 81.7 Å². The first kappa shape index (κ1) is 15.5. The first-order chi connectivity index (χ1) is 10.1. The van der Waals surface area contributed by atoms with Gasteiger partial charge in [0.05, 0.1) is 13.0 Å². The van der Waals surface area contributed by atoms with Crippen molar-refractivity contribution in [2.24, 2.45) is 0 Å². The van der Waals surface area contributed by atoms with Gasteiger partial charge in [-0.3, -0.25) is 14.5 Å². The van der Waals surface area contributed by atoms with Gasteiger partial charge in [-0.05, 0) is 11.1 Å². The van der Waals surface area contributed by atoms with E-state index in [4.69, 9.17) is 5.11 Å². The second-order valence-corrected chi connectivity index (χ2v) is 5.14. The van der Waals surface area contributed by atoms with Crippen molar-refractivity contribution >= 4 is 11.9 Å². The first-order valence-corrected chi connectivity index (χ1v) is 7.13. The molecule has 1 amide bonds. The molecule has 0 unspecified atom stereocenters. The normalized spacial score (nSPS) is 15.6. The number of aliphatic carboxylic acids is 1. The Morgan fingerprint density at radius 3 is 2.52 bits per heavy atom. The van der Waals surface area contributed by atoms with Gasteiger partial charge in [0.1, 0.15) is 0 Å². The zero-order chi connectivity index (χ0) is 15.1. The van der Waals surface area contributed by atoms with Gasteiger partial charge in [0.15, 0.2) is 0 Å². The summed E-state index contributed by atoms with van der Waals surface area (Å²) in [6, 6.07) is 7.29. The summed E-state index contributed by atoms with van der Waals surface area (Å²) in [7, 11) is 0. The van der Waals surface area contributed by atoms with Crippen LogP contribution in [0.3, 0.4) is 0 Å². The molecule has 0 spiro atoms. The average molecular weight is 291 g/mol. The Labute approximate surface area is 124 Å². The van der Waals surface area contributed by atoms with Crippen LogP contribution in [0.4, 0.5) is 0 Å². The maximum absolute atomic E-state index is 11.9. The number of hydrogen-bond donors (Lipinski definition) is 3. The largest absolute Gasteiger partial charge is 0.481 e. The van der Waals surface area contributed by atoms with E-state index in [9.17, 15) is 9.59 Å². The number of carbonyl (C=O) groups excluding carboxylic acids is 1. The maximum atomic E-state index is 11.9. The molecule has 1 fully saturated rings. The summed E-state index contributed by atoms with van der Waals surface area (Å²) in [6.45, 7) is 4.34. The lowest BCUT2D eigenvalue weighted by Gasteiger charge is -2.26. The minimum atomic E-state index is -0.866. The molecule has 114 valence electrons. The molecule has 6 nitrogen and oxygen atoms in total. The van der Waals surface area contributed by atoms with Crippen molar-refractivity contribution in [3.05, 3.63) is 35.4 Å². The number of carboxylic acids is 1. The molecule has 1 aromatic rings. The lowest BCUT2D eigenvalue weighted by atomic mass is 10.0. The highest BCUT2D eigenvalue weighted by molar-refractivity contribution is 5.78. The maximum Gasteiger partial charge on any atom is 0.307 e. The van der Waals surface area contributed by atoms with E-state index < -0.39 is 5.97 Å². The van der Waals surface area contributed by atoms with Crippen LogP contribution in [0, 0.1) is 0 Å². The molecule has 0 radical (unpaired) electrons. The molecular formula is C15H21N3O3. The van der Waals surface area contributed by atoms with Crippen LogP contribution in [0.25, 0.3) is 0 Å². The molecule has 0 saturated carbocycles. The van der Waals surface area contributed by atoms with Crippen LogP contribution in [0.5, 0.6) is 0 Å². The predicted octanol–water partition coefficient (Wildman–Crippen LogP) is -0.165. The van der Waals surface area contributed by atoms with Crippen LogP contribution < -0.4 is 10.6 Å². The van der Waals surface area contributed by atoms with E-state index in [2.05, 4.69) is 15.5 Å². The lowest BCUT2D eigenvalue weighted by molar-refractivity contribution is -0.136. The van der Waals surface area contributed by atoms with Gasteiger partial charge in [-0.1, -0.05) is 24.3 Å². The molecule has 0 aromatic heterocycles. The summed E-state index contributed by atoms with van der Waals surface area (Å²) in [5.41, 5.74) is 1.60. The zero-order valence-electron chi connectivity index (χ0n) is 12.0. The van der Waals surface area contributed by atoms with Crippen molar-refractivity contribution in [2.75, 3.05) is 32.7 Å². The highest BCUT2D eigenvalue weighted by Gasteiger charge is 2.13. The van der Waals surface area contributed by atoms with Gasteiger partial charge in [0, 0.05) is 32.7 Å². The van der Waals surface area contributed by atoms with E-state index in [0.29, 0.717) is 13.1 Å². The fourth-order valence-corrected chi connectivity index (χ4v) is 2.39. The quantitative estimate of drug-likeness (QED) is 0.678. The molecule has 6 heteroatoms. The van der Waals surface area contributed by atoms with Gasteiger partial charge in [-0.2, -0.15) is 0 Å². The third-order valence-electron chi connectivity index (χ3n) is 3.51. The van der Waals surface area contributed by atoms with Crippen LogP contribution in [-0.2, 0) is 22.6 Å². The molecule has 1 aliphatic rings. The van der Waals surface area contributed by atoms with Crippen LogP contribution in [-0.4, -0.2) is 54.6 Å². The monoisotopic (exact) mass is 291 g/mol. The molecule has 0 bridgehead atoms. The van der Waals surface area contributed by atoms with Gasteiger partial charge >= 0.3 is 5.97 Å². The molecular weight excluding hydrogens is 270 g/mol. The van der Waals surface area contributed by atoms with Gasteiger partial charge in [0.25, 0.3) is 0 Å². The minimum absolute atomic E-state index is 0.0240. The number of carboxylic acid groups (broad SMARTS) is 1. The van der Waals surface area contributed by atoms with Crippen molar-refractivity contribution in [2.45, 2.75) is 13.0 Å². The number of nitrogens with one attached hydrogen (secondary N) is 2. The number of nitrogens with zero attached hydrogens (tertiary/aromatic N) is 1. The summed E-state index contributed by atoms with van der Waals surface area (Å²) in [5, 5.41) is 15.0. The van der Waals surface area contributed by atoms with E-state index >= 15 is 0 Å². The van der Waals surface area contributed by atoms with Crippen LogP contribution >= 0.6 is 0 Å². The average Bonchev–Trinajstić information content (AvgIpc) is 2.47. The Bertz CT molecular complexity index is 499. The van der Waals surface area contributed by atoms with E-state index in [1.165, 1.54) is 0 Å². The van der Waals surface area contributed by atoms with Crippen molar-refractivity contribution in [1.82, 2.24) is 15.5 Å². The fraction of sp³-hybridized carbons (Fsp3) is 0.467. The Balaban J connectivity index is 1.84. The van der Waals surface area contributed by atoms with Gasteiger partial charge < -0.3 is 15.7 Å². The Hall–Kier alpha value is -1.92. The van der Waals surface area contributed by atoms with Crippen molar-refractivity contribution in [3.63, 3.8) is 0 Å². The second kappa shape index (κ2) is 7.75. The third-order valence-corrected chi connectivity index (χ3v) is 3.51. The van der Waals surface area contributed by atoms with E-state index in [0.717, 1.165) is 37.3 Å². The molecule has 3 N–H and O–H groups in total. The standard InChI is InChI=1S/C15H21N3O3/c19-14(11-18-7-5-16-6-8-18)17-10-13-4-2-1-3-12(13)9-15(20)21/h1-4,16H,5-11H2,(H,17,19)(H,20,21). The number of hydrogen-bond acceptors (Lipinski definition) is 4. The fourth-order valence-electron chi connectivity index (χ4n) is 2.39. The van der Waals surface area contributed by atoms with Gasteiger partial charge in [-0.15, -0.1) is 0 Å². The SMILES string of the molecule is O=C(O)Cc1ccccc1CNC(=O)CN1CCNCC1. The third kappa shape index (κ3) is 5.17. The molecule has 0 aliphatic carbocycles. The summed E-state index contributed by atoms with van der Waals surface area (Å²) in [6.07, 6.45) is -0.0240. The van der Waals surface area contributed by atoms with Crippen molar-refractivity contribution < 1.29 is 14.7 Å². The molecule has 21 heavy (non-hydrogen) atoms. The molecule has 1 aliphatic heterocycles. The van der Waals surface area contributed by atoms with Gasteiger partial charge in [-0.25, -0.2) is 0 Å². The Kier molecular flexibility index (Phi) is 5.71. The smallest absolute Gasteiger partial charge is 0.307 e. The number of carbonyl (C=O) groups is 2. The second-order valence-electron chi connectivity index (χ2n) is 5.14. The summed E-state index contributed by atoms with van der Waals surface area (Å²) >= 11 is 0. The zero-order valence-corrected chi connectivity index (χ0v) is 12.0. The Morgan fingerprint density at radius 2 is 1.86 bits per heavy atom. The molecule has 2 rings (SSSR count). The Morgan fingerprint density at radius 1 is 1.19 bits per heavy atom. The van der Waals surface area contributed by atoms with Crippen molar-refractivity contribution in [3.8, 4) is 0 Å². The number of rotatable bonds is 6. The van der Waals surface area contributed by atoms with Crippen LogP contribution in [0.15, 0.2) is 24.3 Å². The molecule has 1 heterocycles. The highest BCUT2D eigenvalue weighted by Crippen LogP contribution is 2.09. The van der Waals surface area contributed by atoms with E-state index in [-0.39, 0.29) is 12.3 Å². The summed E-state index contributed by atoms with van der Waals surface area (Å²) < 4.78 is 0. The van der Waals surface area contributed by atoms with E-state index in [1.54, 1.807) is 6.07 Å². The summed E-state index contributed by atoms with van der Waals surface area (Å²) in [5.74, 6) is -0.892. The van der Waals surface area contributed by atoms with Crippen LogP contribution in [0.2, 0.25) is 0 Å². The molecule has 0 atom stereocenters. The summed E-state index contributed by atoms with van der Waals surface area (Å²) in [4.78, 5) is 24.9. The number of amides is 1. The highest BCUT2D eigenvalue weighted by atomic mass is 16.4. The van der Waals surface area contributed by atoms with E-state index in [1.807, 2.05) is 18.2 Å². The number of piperazine rings is 1. The molecule has 1 saturated heterocycles. The number of benzene rings is 1. The van der Waals surface area contributed by atoms with Crippen LogP contribution in [0.1, 0.15) is 11.1 Å². The predicted molar refractivity (Wildman–Crippen MR) is 78.9 cm³/mol. The lowest BCUT2D eigenvalue weighted by Crippen LogP contribution is -2.47. The minimum Gasteiger partial charge on any atom is -0.481 e. The molecule has 1 aromatic carbocycles.